The van der Waals surface area contributed by atoms with Crippen molar-refractivity contribution < 1.29 is 0 Å². The molecule has 0 saturated heterocycles. The van der Waals surface area contributed by atoms with E-state index in [4.69, 9.17) is 15.0 Å². The monoisotopic (exact) mass is 698 g/mol. The van der Waals surface area contributed by atoms with Gasteiger partial charge in [0.05, 0.1) is 11.0 Å². The molecule has 9 aromatic rings. The lowest BCUT2D eigenvalue weighted by molar-refractivity contribution is 0.953. The number of benzene rings is 7. The second-order valence-corrected chi connectivity index (χ2v) is 17.8. The summed E-state index contributed by atoms with van der Waals surface area (Å²) in [6.07, 6.45) is 0. The van der Waals surface area contributed by atoms with Crippen molar-refractivity contribution in [3.05, 3.63) is 193 Å². The molecular weight excluding hydrogens is 661 g/mol. The first-order valence-corrected chi connectivity index (χ1v) is 20.1. The molecule has 5 heteroatoms. The van der Waals surface area contributed by atoms with Gasteiger partial charge >= 0.3 is 0 Å². The van der Waals surface area contributed by atoms with Gasteiger partial charge in [-0.1, -0.05) is 180 Å². The number of aryl methyl sites for hydroxylation is 3. The molecule has 7 aromatic carbocycles. The summed E-state index contributed by atoms with van der Waals surface area (Å²) in [7, 11) is -2.80. The largest absolute Gasteiger partial charge is 0.278 e. The summed E-state index contributed by atoms with van der Waals surface area (Å²) in [5.41, 5.74) is 7.76. The van der Waals surface area contributed by atoms with E-state index in [1.165, 1.54) is 42.8 Å². The van der Waals surface area contributed by atoms with E-state index in [0.29, 0.717) is 17.6 Å². The number of nitrogens with zero attached hydrogens (tertiary/aromatic N) is 4. The molecule has 53 heavy (non-hydrogen) atoms. The van der Waals surface area contributed by atoms with E-state index in [1.54, 1.807) is 0 Å². The molecule has 0 radical (unpaired) electrons. The van der Waals surface area contributed by atoms with Crippen molar-refractivity contribution in [1.29, 1.82) is 0 Å². The van der Waals surface area contributed by atoms with Crippen LogP contribution in [-0.2, 0) is 0 Å². The summed E-state index contributed by atoms with van der Waals surface area (Å²) in [5.74, 6) is 1.87. The first-order chi connectivity index (χ1) is 26.0. The van der Waals surface area contributed by atoms with Crippen LogP contribution in [0.5, 0.6) is 0 Å². The average molecular weight is 699 g/mol. The van der Waals surface area contributed by atoms with Crippen LogP contribution in [0, 0.1) is 20.8 Å². The van der Waals surface area contributed by atoms with Gasteiger partial charge in [0.1, 0.15) is 0 Å². The fourth-order valence-corrected chi connectivity index (χ4v) is 12.4. The van der Waals surface area contributed by atoms with Gasteiger partial charge in [0, 0.05) is 21.9 Å². The zero-order chi connectivity index (χ0) is 35.9. The van der Waals surface area contributed by atoms with Crippen molar-refractivity contribution in [3.63, 3.8) is 0 Å². The van der Waals surface area contributed by atoms with Crippen molar-refractivity contribution in [2.45, 2.75) is 20.8 Å². The maximum absolute atomic E-state index is 5.16. The molecule has 0 aliphatic heterocycles. The smallest absolute Gasteiger partial charge is 0.238 e. The van der Waals surface area contributed by atoms with Crippen molar-refractivity contribution in [2.24, 2.45) is 0 Å². The first kappa shape index (κ1) is 32.5. The quantitative estimate of drug-likeness (QED) is 0.124. The van der Waals surface area contributed by atoms with Crippen LogP contribution in [0.25, 0.3) is 50.5 Å². The van der Waals surface area contributed by atoms with Crippen molar-refractivity contribution in [2.75, 3.05) is 0 Å². The zero-order valence-electron chi connectivity index (χ0n) is 30.0. The van der Waals surface area contributed by atoms with Crippen LogP contribution >= 0.6 is 0 Å². The van der Waals surface area contributed by atoms with Gasteiger partial charge in [-0.2, -0.15) is 9.97 Å². The standard InChI is InChI=1S/C48H38N4Si/c1-33-18-24-38(25-19-33)53(39-26-20-34(2)21-27-39,40-28-22-35(3)23-29-40)41-30-31-45-43(32-41)42-16-10-11-17-44(42)52(45)48-50-46(36-12-6-4-7-13-36)49-47(51-48)37-14-8-5-9-15-37/h4-32H,1-3H3. The van der Waals surface area contributed by atoms with Crippen molar-refractivity contribution >= 4 is 50.6 Å². The molecule has 0 spiro atoms. The van der Waals surface area contributed by atoms with Crippen LogP contribution < -0.4 is 20.7 Å². The Kier molecular flexibility index (Phi) is 8.13. The second kappa shape index (κ2) is 13.3. The molecule has 0 N–H and O–H groups in total. The molecule has 0 bridgehead atoms. The Morgan fingerprint density at radius 1 is 0.377 bits per heavy atom. The lowest BCUT2D eigenvalue weighted by atomic mass is 10.1. The molecule has 0 aliphatic carbocycles. The number of rotatable bonds is 7. The molecule has 0 amide bonds. The van der Waals surface area contributed by atoms with E-state index in [-0.39, 0.29) is 0 Å². The lowest BCUT2D eigenvalue weighted by Gasteiger charge is -2.35. The highest BCUT2D eigenvalue weighted by molar-refractivity contribution is 7.20. The van der Waals surface area contributed by atoms with Crippen LogP contribution in [0.1, 0.15) is 16.7 Å². The minimum Gasteiger partial charge on any atom is -0.278 e. The second-order valence-electron chi connectivity index (χ2n) is 13.9. The number of fused-ring (bicyclic) bond motifs is 3. The van der Waals surface area contributed by atoms with Crippen LogP contribution in [0.15, 0.2) is 176 Å². The van der Waals surface area contributed by atoms with E-state index < -0.39 is 8.07 Å². The molecule has 0 saturated carbocycles. The van der Waals surface area contributed by atoms with Gasteiger partial charge in [0.25, 0.3) is 0 Å². The van der Waals surface area contributed by atoms with E-state index in [1.807, 2.05) is 36.4 Å². The van der Waals surface area contributed by atoms with Gasteiger partial charge in [-0.25, -0.2) is 4.98 Å². The van der Waals surface area contributed by atoms with Gasteiger partial charge in [-0.05, 0) is 53.7 Å². The molecule has 254 valence electrons. The molecular formula is C48H38N4Si. The topological polar surface area (TPSA) is 43.6 Å². The summed E-state index contributed by atoms with van der Waals surface area (Å²) in [6, 6.07) is 63.8. The summed E-state index contributed by atoms with van der Waals surface area (Å²) in [4.78, 5) is 15.3. The Morgan fingerprint density at radius 3 is 1.28 bits per heavy atom. The Balaban J connectivity index is 1.35. The number of hydrogen-bond donors (Lipinski definition) is 0. The average Bonchev–Trinajstić information content (AvgIpc) is 3.54. The Labute approximate surface area is 311 Å². The number of hydrogen-bond acceptors (Lipinski definition) is 3. The maximum Gasteiger partial charge on any atom is 0.238 e. The van der Waals surface area contributed by atoms with Gasteiger partial charge in [0.15, 0.2) is 19.7 Å². The number of para-hydroxylation sites is 1. The van der Waals surface area contributed by atoms with Gasteiger partial charge in [-0.3, -0.25) is 4.57 Å². The molecule has 0 fully saturated rings. The third-order valence-corrected chi connectivity index (χ3v) is 15.2. The van der Waals surface area contributed by atoms with E-state index in [2.05, 4.69) is 165 Å². The third kappa shape index (κ3) is 5.66. The SMILES string of the molecule is Cc1ccc([Si](c2ccc(C)cc2)(c2ccc(C)cc2)c2ccc3c(c2)c2ccccc2n3-c2nc(-c3ccccc3)nc(-c3ccccc3)n2)cc1. The Bertz CT molecular complexity index is 2550. The van der Waals surface area contributed by atoms with Crippen LogP contribution in [0.2, 0.25) is 0 Å². The third-order valence-electron chi connectivity index (χ3n) is 10.4. The first-order valence-electron chi connectivity index (χ1n) is 18.1. The molecule has 9 rings (SSSR count). The molecule has 0 unspecified atom stereocenters. The summed E-state index contributed by atoms with van der Waals surface area (Å²) in [5, 5.41) is 7.73. The summed E-state index contributed by atoms with van der Waals surface area (Å²) in [6.45, 7) is 6.50. The minimum atomic E-state index is -2.80. The maximum atomic E-state index is 5.16. The summed E-state index contributed by atoms with van der Waals surface area (Å²) >= 11 is 0. The predicted octanol–water partition coefficient (Wildman–Crippen LogP) is 8.61. The zero-order valence-corrected chi connectivity index (χ0v) is 31.0. The van der Waals surface area contributed by atoms with E-state index >= 15 is 0 Å². The lowest BCUT2D eigenvalue weighted by Crippen LogP contribution is -2.74. The fraction of sp³-hybridized carbons (Fsp3) is 0.0625. The Hall–Kier alpha value is -6.43. The van der Waals surface area contributed by atoms with Crippen LogP contribution in [0.3, 0.4) is 0 Å². The molecule has 4 nitrogen and oxygen atoms in total. The highest BCUT2D eigenvalue weighted by Crippen LogP contribution is 2.32. The van der Waals surface area contributed by atoms with E-state index in [9.17, 15) is 0 Å². The van der Waals surface area contributed by atoms with Gasteiger partial charge in [-0.15, -0.1) is 0 Å². The Morgan fingerprint density at radius 2 is 0.792 bits per heavy atom. The normalized spacial score (nSPS) is 11.7. The minimum absolute atomic E-state index is 0.593. The number of aromatic nitrogens is 4. The highest BCUT2D eigenvalue weighted by atomic mass is 28.3. The van der Waals surface area contributed by atoms with Gasteiger partial charge < -0.3 is 0 Å². The highest BCUT2D eigenvalue weighted by Gasteiger charge is 2.42. The molecule has 0 aliphatic rings. The summed E-state index contributed by atoms with van der Waals surface area (Å²) < 4.78 is 2.21. The van der Waals surface area contributed by atoms with Gasteiger partial charge in [0.2, 0.25) is 5.95 Å². The van der Waals surface area contributed by atoms with Crippen LogP contribution in [0.4, 0.5) is 0 Å². The van der Waals surface area contributed by atoms with Crippen LogP contribution in [-0.4, -0.2) is 27.6 Å². The fourth-order valence-electron chi connectivity index (χ4n) is 7.73. The predicted molar refractivity (Wildman–Crippen MR) is 223 cm³/mol. The van der Waals surface area contributed by atoms with E-state index in [0.717, 1.165) is 27.5 Å². The molecule has 0 atom stereocenters. The molecule has 2 heterocycles. The van der Waals surface area contributed by atoms with Crippen molar-refractivity contribution in [3.8, 4) is 28.7 Å². The van der Waals surface area contributed by atoms with Crippen molar-refractivity contribution in [1.82, 2.24) is 19.5 Å². The molecule has 2 aromatic heterocycles.